The van der Waals surface area contributed by atoms with Gasteiger partial charge in [0.1, 0.15) is 6.10 Å². The number of carbonyl (C=O) groups excluding carboxylic acids is 1. The van der Waals surface area contributed by atoms with Gasteiger partial charge in [-0.25, -0.2) is 0 Å². The Balaban J connectivity index is 3.97. The second kappa shape index (κ2) is 34.9. The summed E-state index contributed by atoms with van der Waals surface area (Å²) in [4.78, 5) is 23.3. The van der Waals surface area contributed by atoms with Crippen molar-refractivity contribution in [3.63, 3.8) is 0 Å². The van der Waals surface area contributed by atoms with Crippen LogP contribution in [-0.2, 0) is 14.3 Å². The number of carbonyl (C=O) groups is 2. The number of carboxylic acid groups (broad SMARTS) is 1. The normalized spacial score (nSPS) is 12.4. The lowest BCUT2D eigenvalue weighted by atomic mass is 10.1. The van der Waals surface area contributed by atoms with Gasteiger partial charge in [-0.1, -0.05) is 148 Å². The van der Waals surface area contributed by atoms with Crippen molar-refractivity contribution in [3.8, 4) is 0 Å². The van der Waals surface area contributed by atoms with Gasteiger partial charge < -0.3 is 9.84 Å². The molecule has 0 aromatic carbocycles. The third-order valence-corrected chi connectivity index (χ3v) is 8.38. The highest BCUT2D eigenvalue weighted by Gasteiger charge is 2.11. The molecule has 1 N–H and O–H groups in total. The molecule has 1 unspecified atom stereocenters. The number of unbranched alkanes of at least 4 members (excludes halogenated alkanes) is 23. The lowest BCUT2D eigenvalue weighted by Gasteiger charge is -2.15. The minimum Gasteiger partial charge on any atom is -0.481 e. The van der Waals surface area contributed by atoms with Crippen molar-refractivity contribution in [1.29, 1.82) is 0 Å². The van der Waals surface area contributed by atoms with Gasteiger partial charge >= 0.3 is 11.9 Å². The molecule has 0 aliphatic rings. The monoisotopic (exact) mass is 605 g/mol. The zero-order valence-electron chi connectivity index (χ0n) is 28.8. The molecule has 0 spiro atoms. The Morgan fingerprint density at radius 3 is 1.40 bits per heavy atom. The highest BCUT2D eigenvalue weighted by molar-refractivity contribution is 5.69. The standard InChI is InChI=1S/C39H72O4/c1-3-5-7-9-11-13-14-15-16-17-18-19-20-22-24-26-32-36-39(42)43-37(34-30-27-28-31-35-38(40)41)33-29-25-23-21-12-10-8-6-4-2/h15-16,29,33,37H,3-14,17-28,30-32,34-36H2,1-2H3,(H,40,41)/b16-15-,33-29-. The van der Waals surface area contributed by atoms with E-state index >= 15 is 0 Å². The Labute approximate surface area is 267 Å². The van der Waals surface area contributed by atoms with Crippen molar-refractivity contribution < 1.29 is 19.4 Å². The Bertz CT molecular complexity index is 654. The molecule has 0 aromatic heterocycles. The number of aliphatic carboxylic acids is 1. The topological polar surface area (TPSA) is 63.6 Å². The molecular formula is C39H72O4. The van der Waals surface area contributed by atoms with Crippen molar-refractivity contribution in [2.24, 2.45) is 0 Å². The van der Waals surface area contributed by atoms with Crippen molar-refractivity contribution in [2.75, 3.05) is 0 Å². The summed E-state index contributed by atoms with van der Waals surface area (Å²) in [6.45, 7) is 4.53. The Kier molecular flexibility index (Phi) is 33.6. The first-order valence-corrected chi connectivity index (χ1v) is 18.8. The summed E-state index contributed by atoms with van der Waals surface area (Å²) in [6.07, 6.45) is 43.5. The summed E-state index contributed by atoms with van der Waals surface area (Å²) >= 11 is 0. The fourth-order valence-electron chi connectivity index (χ4n) is 5.56. The number of rotatable bonds is 34. The highest BCUT2D eigenvalue weighted by Crippen LogP contribution is 2.16. The molecule has 0 radical (unpaired) electrons. The summed E-state index contributed by atoms with van der Waals surface area (Å²) in [6, 6.07) is 0. The van der Waals surface area contributed by atoms with E-state index in [4.69, 9.17) is 9.84 Å². The van der Waals surface area contributed by atoms with E-state index in [2.05, 4.69) is 38.2 Å². The van der Waals surface area contributed by atoms with Gasteiger partial charge in [-0.15, -0.1) is 0 Å². The molecule has 0 aliphatic heterocycles. The van der Waals surface area contributed by atoms with E-state index in [1.165, 1.54) is 128 Å². The maximum atomic E-state index is 12.6. The zero-order chi connectivity index (χ0) is 31.5. The molecule has 0 fully saturated rings. The summed E-state index contributed by atoms with van der Waals surface area (Å²) in [7, 11) is 0. The number of allylic oxidation sites excluding steroid dienone is 3. The van der Waals surface area contributed by atoms with Crippen LogP contribution < -0.4 is 0 Å². The van der Waals surface area contributed by atoms with Crippen LogP contribution in [0.2, 0.25) is 0 Å². The summed E-state index contributed by atoms with van der Waals surface area (Å²) in [5.74, 6) is -0.786. The SMILES string of the molecule is CCCCCCCC/C=C\CCCCCCCCCC(=O)OC(/C=C\CCCCCCCCC)CCCCCCC(=O)O. The van der Waals surface area contributed by atoms with Crippen LogP contribution >= 0.6 is 0 Å². The van der Waals surface area contributed by atoms with Gasteiger partial charge in [0.05, 0.1) is 0 Å². The number of hydrogen-bond donors (Lipinski definition) is 1. The van der Waals surface area contributed by atoms with Crippen LogP contribution in [0, 0.1) is 0 Å². The maximum absolute atomic E-state index is 12.6. The zero-order valence-corrected chi connectivity index (χ0v) is 28.8. The summed E-state index contributed by atoms with van der Waals surface area (Å²) in [5.41, 5.74) is 0. The van der Waals surface area contributed by atoms with Crippen LogP contribution in [0.15, 0.2) is 24.3 Å². The van der Waals surface area contributed by atoms with Gasteiger partial charge in [-0.3, -0.25) is 9.59 Å². The molecule has 43 heavy (non-hydrogen) atoms. The van der Waals surface area contributed by atoms with E-state index in [9.17, 15) is 9.59 Å². The Hall–Kier alpha value is -1.58. The van der Waals surface area contributed by atoms with Crippen molar-refractivity contribution in [1.82, 2.24) is 0 Å². The number of hydrogen-bond acceptors (Lipinski definition) is 3. The Morgan fingerprint density at radius 1 is 0.512 bits per heavy atom. The van der Waals surface area contributed by atoms with Crippen LogP contribution in [-0.4, -0.2) is 23.1 Å². The third kappa shape index (κ3) is 34.8. The highest BCUT2D eigenvalue weighted by atomic mass is 16.5. The van der Waals surface area contributed by atoms with Crippen molar-refractivity contribution in [3.05, 3.63) is 24.3 Å². The minimum absolute atomic E-state index is 0.0656. The average molecular weight is 605 g/mol. The molecule has 0 amide bonds. The fourth-order valence-corrected chi connectivity index (χ4v) is 5.56. The van der Waals surface area contributed by atoms with Gasteiger partial charge in [0.15, 0.2) is 0 Å². The van der Waals surface area contributed by atoms with E-state index in [1.807, 2.05) is 0 Å². The van der Waals surface area contributed by atoms with Gasteiger partial charge in [0, 0.05) is 12.8 Å². The Morgan fingerprint density at radius 2 is 0.907 bits per heavy atom. The first-order chi connectivity index (χ1) is 21.1. The van der Waals surface area contributed by atoms with Crippen molar-refractivity contribution in [2.45, 2.75) is 213 Å². The minimum atomic E-state index is -0.720. The van der Waals surface area contributed by atoms with Crippen molar-refractivity contribution >= 4 is 11.9 Å². The largest absolute Gasteiger partial charge is 0.481 e. The number of ether oxygens (including phenoxy) is 1. The second-order valence-corrected chi connectivity index (χ2v) is 12.8. The van der Waals surface area contributed by atoms with Crippen LogP contribution in [0.5, 0.6) is 0 Å². The molecule has 0 aliphatic carbocycles. The first kappa shape index (κ1) is 41.4. The molecule has 0 bridgehead atoms. The van der Waals surface area contributed by atoms with Crippen LogP contribution in [0.3, 0.4) is 0 Å². The van der Waals surface area contributed by atoms with E-state index in [0.717, 1.165) is 51.4 Å². The molecule has 0 rings (SSSR count). The van der Waals surface area contributed by atoms with Crippen LogP contribution in [0.25, 0.3) is 0 Å². The van der Waals surface area contributed by atoms with E-state index in [1.54, 1.807) is 0 Å². The summed E-state index contributed by atoms with van der Waals surface area (Å²) < 4.78 is 5.87. The fraction of sp³-hybridized carbons (Fsp3) is 0.846. The van der Waals surface area contributed by atoms with Crippen LogP contribution in [0.1, 0.15) is 206 Å². The lowest BCUT2D eigenvalue weighted by Crippen LogP contribution is -2.16. The number of carboxylic acids is 1. The molecule has 1 atom stereocenters. The van der Waals surface area contributed by atoms with E-state index in [-0.39, 0.29) is 18.5 Å². The van der Waals surface area contributed by atoms with Crippen LogP contribution in [0.4, 0.5) is 0 Å². The molecule has 252 valence electrons. The first-order valence-electron chi connectivity index (χ1n) is 18.8. The quantitative estimate of drug-likeness (QED) is 0.0451. The lowest BCUT2D eigenvalue weighted by molar-refractivity contribution is -0.147. The average Bonchev–Trinajstić information content (AvgIpc) is 2.99. The maximum Gasteiger partial charge on any atom is 0.306 e. The van der Waals surface area contributed by atoms with E-state index in [0.29, 0.717) is 6.42 Å². The third-order valence-electron chi connectivity index (χ3n) is 8.38. The molecule has 0 saturated carbocycles. The molecule has 4 nitrogen and oxygen atoms in total. The molecule has 0 aromatic rings. The predicted octanol–water partition coefficient (Wildman–Crippen LogP) is 12.8. The molecule has 0 saturated heterocycles. The van der Waals surface area contributed by atoms with Gasteiger partial charge in [-0.2, -0.15) is 0 Å². The molecule has 4 heteroatoms. The predicted molar refractivity (Wildman–Crippen MR) is 186 cm³/mol. The van der Waals surface area contributed by atoms with Gasteiger partial charge in [0.2, 0.25) is 0 Å². The smallest absolute Gasteiger partial charge is 0.306 e. The molecular weight excluding hydrogens is 532 g/mol. The van der Waals surface area contributed by atoms with Gasteiger partial charge in [0.25, 0.3) is 0 Å². The summed E-state index contributed by atoms with van der Waals surface area (Å²) in [5, 5.41) is 8.82. The number of esters is 1. The van der Waals surface area contributed by atoms with Gasteiger partial charge in [-0.05, 0) is 70.3 Å². The molecule has 0 heterocycles. The van der Waals surface area contributed by atoms with E-state index < -0.39 is 5.97 Å². The second-order valence-electron chi connectivity index (χ2n) is 12.8.